The van der Waals surface area contributed by atoms with Gasteiger partial charge in [0.25, 0.3) is 0 Å². The zero-order valence-electron chi connectivity index (χ0n) is 6.91. The maximum absolute atomic E-state index is 13.3. The lowest BCUT2D eigenvalue weighted by Crippen LogP contribution is -2.05. The number of methoxy groups -OCH3 is 1. The summed E-state index contributed by atoms with van der Waals surface area (Å²) in [7, 11) is 1.25. The second-order valence-corrected chi connectivity index (χ2v) is 4.96. The van der Waals surface area contributed by atoms with Gasteiger partial charge in [0.05, 0.1) is 24.8 Å². The fraction of sp³-hybridized carbons (Fsp3) is 0.125. The van der Waals surface area contributed by atoms with Crippen molar-refractivity contribution in [3.05, 3.63) is 29.6 Å². The van der Waals surface area contributed by atoms with Crippen molar-refractivity contribution in [2.24, 2.45) is 0 Å². The standard InChI is InChI=1S/C8H4ClFI2O2/c1-14-8(13)3-2-4(11)6(10)7(12)5(3)9/h2H,1H3. The Balaban J connectivity index is 3.40. The Bertz CT molecular complexity index is 395. The summed E-state index contributed by atoms with van der Waals surface area (Å²) in [6, 6.07) is 1.37. The van der Waals surface area contributed by atoms with Gasteiger partial charge in [-0.3, -0.25) is 0 Å². The van der Waals surface area contributed by atoms with Crippen LogP contribution in [-0.4, -0.2) is 13.1 Å². The van der Waals surface area contributed by atoms with Gasteiger partial charge in [-0.25, -0.2) is 9.18 Å². The Morgan fingerprint density at radius 2 is 2.14 bits per heavy atom. The predicted octanol–water partition coefficient (Wildman–Crippen LogP) is 3.47. The van der Waals surface area contributed by atoms with Gasteiger partial charge < -0.3 is 4.74 Å². The monoisotopic (exact) mass is 440 g/mol. The van der Waals surface area contributed by atoms with E-state index in [4.69, 9.17) is 11.6 Å². The minimum absolute atomic E-state index is 0.0929. The van der Waals surface area contributed by atoms with Gasteiger partial charge in [0.2, 0.25) is 0 Å². The van der Waals surface area contributed by atoms with Crippen LogP contribution in [0.3, 0.4) is 0 Å². The third-order valence-electron chi connectivity index (χ3n) is 1.51. The number of carbonyl (C=O) groups excluding carboxylic acids is 1. The van der Waals surface area contributed by atoms with E-state index >= 15 is 0 Å². The van der Waals surface area contributed by atoms with Crippen LogP contribution in [0.2, 0.25) is 5.02 Å². The fourth-order valence-corrected chi connectivity index (χ4v) is 2.72. The molecule has 2 nitrogen and oxygen atoms in total. The van der Waals surface area contributed by atoms with Gasteiger partial charge in [-0.05, 0) is 51.2 Å². The molecule has 0 aliphatic carbocycles. The molecule has 0 aliphatic heterocycles. The van der Waals surface area contributed by atoms with Gasteiger partial charge in [0.1, 0.15) is 0 Å². The molecule has 0 radical (unpaired) electrons. The number of esters is 1. The summed E-state index contributed by atoms with van der Waals surface area (Å²) in [5, 5.41) is 0.0929. The van der Waals surface area contributed by atoms with Crippen molar-refractivity contribution in [1.82, 2.24) is 0 Å². The van der Waals surface area contributed by atoms with Crippen LogP contribution in [0.15, 0.2) is 6.07 Å². The highest BCUT2D eigenvalue weighted by Gasteiger charge is 2.18. The van der Waals surface area contributed by atoms with Crippen molar-refractivity contribution in [2.45, 2.75) is 0 Å². The van der Waals surface area contributed by atoms with E-state index in [0.717, 1.165) is 0 Å². The molecule has 1 aromatic rings. The first-order chi connectivity index (χ1) is 6.49. The smallest absolute Gasteiger partial charge is 0.339 e. The average Bonchev–Trinajstić information content (AvgIpc) is 2.19. The molecule has 0 atom stereocenters. The molecule has 1 aromatic carbocycles. The van der Waals surface area contributed by atoms with E-state index in [1.54, 1.807) is 45.2 Å². The Labute approximate surface area is 112 Å². The van der Waals surface area contributed by atoms with Gasteiger partial charge in [0.15, 0.2) is 5.82 Å². The van der Waals surface area contributed by atoms with Crippen molar-refractivity contribution in [3.63, 3.8) is 0 Å². The third kappa shape index (κ3) is 2.30. The first-order valence-electron chi connectivity index (χ1n) is 3.40. The van der Waals surface area contributed by atoms with Gasteiger partial charge in [-0.2, -0.15) is 0 Å². The number of hydrogen-bond acceptors (Lipinski definition) is 2. The summed E-state index contributed by atoms with van der Waals surface area (Å²) in [6.45, 7) is 0. The van der Waals surface area contributed by atoms with Crippen molar-refractivity contribution >= 4 is 62.8 Å². The van der Waals surface area contributed by atoms with Crippen LogP contribution < -0.4 is 0 Å². The largest absolute Gasteiger partial charge is 0.465 e. The molecule has 0 spiro atoms. The van der Waals surface area contributed by atoms with E-state index < -0.39 is 11.8 Å². The summed E-state index contributed by atoms with van der Waals surface area (Å²) in [5.74, 6) is -0.977. The molecular formula is C8H4ClFI2O2. The molecule has 0 amide bonds. The summed E-state index contributed by atoms with van der Waals surface area (Å²) < 4.78 is 18.4. The maximum Gasteiger partial charge on any atom is 0.339 e. The molecule has 0 unspecified atom stereocenters. The highest BCUT2D eigenvalue weighted by molar-refractivity contribution is 14.1. The van der Waals surface area contributed by atoms with E-state index in [1.165, 1.54) is 13.2 Å². The van der Waals surface area contributed by atoms with E-state index in [9.17, 15) is 9.18 Å². The van der Waals surface area contributed by atoms with Gasteiger partial charge in [-0.15, -0.1) is 0 Å². The molecule has 14 heavy (non-hydrogen) atoms. The molecular weight excluding hydrogens is 436 g/mol. The fourth-order valence-electron chi connectivity index (χ4n) is 0.831. The number of hydrogen-bond donors (Lipinski definition) is 0. The Morgan fingerprint density at radius 3 is 2.64 bits per heavy atom. The predicted molar refractivity (Wildman–Crippen MR) is 68.2 cm³/mol. The molecule has 76 valence electrons. The zero-order valence-corrected chi connectivity index (χ0v) is 12.0. The van der Waals surface area contributed by atoms with Crippen molar-refractivity contribution in [1.29, 1.82) is 0 Å². The molecule has 0 saturated carbocycles. The van der Waals surface area contributed by atoms with E-state index in [1.807, 2.05) is 0 Å². The number of halogens is 4. The molecule has 1 rings (SSSR count). The van der Waals surface area contributed by atoms with Crippen LogP contribution in [-0.2, 0) is 4.74 Å². The third-order valence-corrected chi connectivity index (χ3v) is 4.02. The summed E-state index contributed by atoms with van der Waals surface area (Å²) in [5.41, 5.74) is 0.185. The molecule has 0 aliphatic rings. The molecule has 6 heteroatoms. The van der Waals surface area contributed by atoms with Crippen LogP contribution >= 0.6 is 56.8 Å². The topological polar surface area (TPSA) is 26.3 Å². The van der Waals surface area contributed by atoms with E-state index in [2.05, 4.69) is 4.74 Å². The molecule has 0 saturated heterocycles. The lowest BCUT2D eigenvalue weighted by Gasteiger charge is -2.06. The maximum atomic E-state index is 13.3. The number of ether oxygens (including phenoxy) is 1. The minimum Gasteiger partial charge on any atom is -0.465 e. The van der Waals surface area contributed by atoms with Crippen molar-refractivity contribution in [3.8, 4) is 0 Å². The van der Waals surface area contributed by atoms with Crippen molar-refractivity contribution < 1.29 is 13.9 Å². The normalized spacial score (nSPS) is 10.1. The van der Waals surface area contributed by atoms with Crippen LogP contribution in [0.25, 0.3) is 0 Å². The lowest BCUT2D eigenvalue weighted by molar-refractivity contribution is 0.0600. The summed E-state index contributed by atoms with van der Waals surface area (Å²) in [6.07, 6.45) is 0. The Morgan fingerprint density at radius 1 is 1.57 bits per heavy atom. The highest BCUT2D eigenvalue weighted by Crippen LogP contribution is 2.29. The second kappa shape index (κ2) is 4.93. The molecule has 0 heterocycles. The van der Waals surface area contributed by atoms with Gasteiger partial charge in [0, 0.05) is 0 Å². The van der Waals surface area contributed by atoms with Crippen LogP contribution in [0.5, 0.6) is 0 Å². The quantitative estimate of drug-likeness (QED) is 0.289. The molecule has 0 bridgehead atoms. The first-order valence-corrected chi connectivity index (χ1v) is 5.94. The van der Waals surface area contributed by atoms with Crippen LogP contribution in [0.1, 0.15) is 10.4 Å². The second-order valence-electron chi connectivity index (χ2n) is 2.34. The summed E-state index contributed by atoms with van der Waals surface area (Å²) >= 11 is 9.34. The van der Waals surface area contributed by atoms with Crippen molar-refractivity contribution in [2.75, 3.05) is 7.11 Å². The number of carbonyl (C=O) groups is 1. The van der Waals surface area contributed by atoms with E-state index in [-0.39, 0.29) is 14.2 Å². The average molecular weight is 440 g/mol. The van der Waals surface area contributed by atoms with Gasteiger partial charge >= 0.3 is 5.97 Å². The zero-order chi connectivity index (χ0) is 10.9. The molecule has 0 fully saturated rings. The highest BCUT2D eigenvalue weighted by atomic mass is 127. The molecule has 0 aromatic heterocycles. The summed E-state index contributed by atoms with van der Waals surface area (Å²) in [4.78, 5) is 11.2. The number of benzene rings is 1. The molecule has 0 N–H and O–H groups in total. The number of rotatable bonds is 1. The SMILES string of the molecule is COC(=O)c1cc(I)c(F)c(I)c1Cl. The minimum atomic E-state index is -0.564. The van der Waals surface area contributed by atoms with Crippen LogP contribution in [0, 0.1) is 13.0 Å². The van der Waals surface area contributed by atoms with E-state index in [0.29, 0.717) is 3.57 Å². The first kappa shape index (κ1) is 12.4. The van der Waals surface area contributed by atoms with Gasteiger partial charge in [-0.1, -0.05) is 11.6 Å². The Kier molecular flexibility index (Phi) is 4.38. The van der Waals surface area contributed by atoms with Crippen LogP contribution in [0.4, 0.5) is 4.39 Å². The Hall–Kier alpha value is 0.370. The lowest BCUT2D eigenvalue weighted by atomic mass is 10.2.